The van der Waals surface area contributed by atoms with Crippen LogP contribution in [-0.4, -0.2) is 18.5 Å². The van der Waals surface area contributed by atoms with E-state index in [1.807, 2.05) is 19.9 Å². The molecule has 76 valence electrons. The van der Waals surface area contributed by atoms with Gasteiger partial charge in [0, 0.05) is 7.11 Å². The molecule has 0 saturated heterocycles. The van der Waals surface area contributed by atoms with E-state index in [2.05, 4.69) is 6.92 Å². The second-order valence-electron chi connectivity index (χ2n) is 3.65. The lowest BCUT2D eigenvalue weighted by Gasteiger charge is -2.24. The Morgan fingerprint density at radius 3 is 2.31 bits per heavy atom. The van der Waals surface area contributed by atoms with Crippen LogP contribution in [0.1, 0.15) is 40.5 Å². The van der Waals surface area contributed by atoms with Gasteiger partial charge >= 0.3 is 0 Å². The minimum absolute atomic E-state index is 0.111. The van der Waals surface area contributed by atoms with E-state index in [9.17, 15) is 4.79 Å². The summed E-state index contributed by atoms with van der Waals surface area (Å²) in [5.41, 5.74) is 0.489. The van der Waals surface area contributed by atoms with Gasteiger partial charge in [0.05, 0.1) is 5.60 Å². The highest BCUT2D eigenvalue weighted by molar-refractivity contribution is 5.92. The third kappa shape index (κ3) is 4.23. The van der Waals surface area contributed by atoms with Crippen molar-refractivity contribution in [2.75, 3.05) is 7.11 Å². The minimum Gasteiger partial charge on any atom is -0.374 e. The summed E-state index contributed by atoms with van der Waals surface area (Å²) in [4.78, 5) is 11.0. The number of Topliss-reactive ketones (excluding diaryl/α,β-unsaturated/α-hetero) is 1. The van der Waals surface area contributed by atoms with Crippen LogP contribution in [0, 0.1) is 0 Å². The SMILES string of the molecule is CCCC(C)(C=C(C)C(C)=O)OC. The van der Waals surface area contributed by atoms with Gasteiger partial charge in [-0.25, -0.2) is 0 Å². The van der Waals surface area contributed by atoms with Crippen molar-refractivity contribution < 1.29 is 9.53 Å². The van der Waals surface area contributed by atoms with Gasteiger partial charge < -0.3 is 4.74 Å². The zero-order valence-corrected chi connectivity index (χ0v) is 9.31. The molecule has 0 bridgehead atoms. The van der Waals surface area contributed by atoms with Gasteiger partial charge in [0.15, 0.2) is 5.78 Å². The van der Waals surface area contributed by atoms with Gasteiger partial charge in [0.25, 0.3) is 0 Å². The topological polar surface area (TPSA) is 26.3 Å². The highest BCUT2D eigenvalue weighted by atomic mass is 16.5. The van der Waals surface area contributed by atoms with Crippen molar-refractivity contribution in [3.63, 3.8) is 0 Å². The second-order valence-corrected chi connectivity index (χ2v) is 3.65. The van der Waals surface area contributed by atoms with Crippen LogP contribution in [0.3, 0.4) is 0 Å². The minimum atomic E-state index is -0.287. The van der Waals surface area contributed by atoms with Crippen molar-refractivity contribution in [1.82, 2.24) is 0 Å². The summed E-state index contributed by atoms with van der Waals surface area (Å²) >= 11 is 0. The van der Waals surface area contributed by atoms with Gasteiger partial charge in [-0.15, -0.1) is 0 Å². The molecule has 13 heavy (non-hydrogen) atoms. The normalized spacial score (nSPS) is 16.8. The van der Waals surface area contributed by atoms with Gasteiger partial charge in [0.2, 0.25) is 0 Å². The molecule has 0 radical (unpaired) electrons. The Balaban J connectivity index is 4.58. The first-order valence-corrected chi connectivity index (χ1v) is 4.70. The maximum Gasteiger partial charge on any atom is 0.155 e. The highest BCUT2D eigenvalue weighted by Gasteiger charge is 2.19. The van der Waals surface area contributed by atoms with Gasteiger partial charge in [0.1, 0.15) is 0 Å². The first-order valence-electron chi connectivity index (χ1n) is 4.70. The molecular formula is C11H20O2. The second kappa shape index (κ2) is 5.18. The predicted molar refractivity (Wildman–Crippen MR) is 54.8 cm³/mol. The maximum atomic E-state index is 11.0. The molecule has 0 aromatic rings. The Morgan fingerprint density at radius 1 is 1.46 bits per heavy atom. The molecule has 0 spiro atoms. The molecule has 0 amide bonds. The third-order valence-corrected chi connectivity index (χ3v) is 2.29. The zero-order chi connectivity index (χ0) is 10.5. The standard InChI is InChI=1S/C11H20O2/c1-6-7-11(4,13-5)8-9(2)10(3)12/h8H,6-7H2,1-5H3. The Morgan fingerprint density at radius 2 is 2.00 bits per heavy atom. The summed E-state index contributed by atoms with van der Waals surface area (Å²) in [6.07, 6.45) is 3.90. The molecule has 0 aliphatic heterocycles. The number of allylic oxidation sites excluding steroid dienone is 1. The van der Waals surface area contributed by atoms with E-state index in [0.717, 1.165) is 18.4 Å². The van der Waals surface area contributed by atoms with Crippen LogP contribution in [0.15, 0.2) is 11.6 Å². The van der Waals surface area contributed by atoms with E-state index in [1.54, 1.807) is 14.0 Å². The number of rotatable bonds is 5. The van der Waals surface area contributed by atoms with Gasteiger partial charge in [-0.1, -0.05) is 13.3 Å². The molecule has 2 nitrogen and oxygen atoms in total. The van der Waals surface area contributed by atoms with Crippen LogP contribution < -0.4 is 0 Å². The number of carbonyl (C=O) groups excluding carboxylic acids is 1. The smallest absolute Gasteiger partial charge is 0.155 e. The van der Waals surface area contributed by atoms with Crippen molar-refractivity contribution in [3.05, 3.63) is 11.6 Å². The Kier molecular flexibility index (Phi) is 4.92. The largest absolute Gasteiger partial charge is 0.374 e. The number of ketones is 1. The van der Waals surface area contributed by atoms with Crippen LogP contribution in [0.5, 0.6) is 0 Å². The lowest BCUT2D eigenvalue weighted by Crippen LogP contribution is -2.25. The van der Waals surface area contributed by atoms with Gasteiger partial charge in [-0.2, -0.15) is 0 Å². The molecule has 0 saturated carbocycles. The monoisotopic (exact) mass is 184 g/mol. The van der Waals surface area contributed by atoms with Crippen molar-refractivity contribution in [1.29, 1.82) is 0 Å². The molecule has 0 aliphatic rings. The van der Waals surface area contributed by atoms with E-state index >= 15 is 0 Å². The summed E-state index contributed by atoms with van der Waals surface area (Å²) in [5.74, 6) is 0.111. The lowest BCUT2D eigenvalue weighted by molar-refractivity contribution is -0.113. The number of hydrogen-bond acceptors (Lipinski definition) is 2. The summed E-state index contributed by atoms with van der Waals surface area (Å²) in [7, 11) is 1.68. The first-order chi connectivity index (χ1) is 5.95. The fraction of sp³-hybridized carbons (Fsp3) is 0.727. The van der Waals surface area contributed by atoms with E-state index in [4.69, 9.17) is 4.74 Å². The molecular weight excluding hydrogens is 164 g/mol. The average Bonchev–Trinajstić information content (AvgIpc) is 2.04. The van der Waals surface area contributed by atoms with Crippen LogP contribution in [0.2, 0.25) is 0 Å². The fourth-order valence-corrected chi connectivity index (χ4v) is 1.29. The third-order valence-electron chi connectivity index (χ3n) is 2.29. The maximum absolute atomic E-state index is 11.0. The van der Waals surface area contributed by atoms with Crippen molar-refractivity contribution in [3.8, 4) is 0 Å². The summed E-state index contributed by atoms with van der Waals surface area (Å²) < 4.78 is 5.37. The summed E-state index contributed by atoms with van der Waals surface area (Å²) in [6.45, 7) is 7.51. The number of methoxy groups -OCH3 is 1. The van der Waals surface area contributed by atoms with Crippen LogP contribution >= 0.6 is 0 Å². The molecule has 1 unspecified atom stereocenters. The number of carbonyl (C=O) groups is 1. The van der Waals surface area contributed by atoms with Crippen molar-refractivity contribution in [2.45, 2.75) is 46.1 Å². The zero-order valence-electron chi connectivity index (χ0n) is 9.31. The lowest BCUT2D eigenvalue weighted by atomic mass is 9.96. The van der Waals surface area contributed by atoms with Gasteiger partial charge in [-0.3, -0.25) is 4.79 Å². The van der Waals surface area contributed by atoms with Crippen LogP contribution in [-0.2, 0) is 9.53 Å². The fourth-order valence-electron chi connectivity index (χ4n) is 1.29. The Bertz CT molecular complexity index is 206. The molecule has 0 aromatic carbocycles. The Labute approximate surface area is 81.0 Å². The predicted octanol–water partition coefficient (Wildman–Crippen LogP) is 2.73. The summed E-state index contributed by atoms with van der Waals surface area (Å²) in [6, 6.07) is 0. The highest BCUT2D eigenvalue weighted by Crippen LogP contribution is 2.20. The molecule has 0 fully saturated rings. The van der Waals surface area contributed by atoms with Crippen LogP contribution in [0.25, 0.3) is 0 Å². The van der Waals surface area contributed by atoms with Crippen molar-refractivity contribution in [2.24, 2.45) is 0 Å². The quantitative estimate of drug-likeness (QED) is 0.614. The molecule has 1 atom stereocenters. The molecule has 0 N–H and O–H groups in total. The number of ether oxygens (including phenoxy) is 1. The Hall–Kier alpha value is -0.630. The van der Waals surface area contributed by atoms with E-state index in [1.165, 1.54) is 0 Å². The van der Waals surface area contributed by atoms with E-state index in [-0.39, 0.29) is 11.4 Å². The van der Waals surface area contributed by atoms with Crippen LogP contribution in [0.4, 0.5) is 0 Å². The molecule has 2 heteroatoms. The van der Waals surface area contributed by atoms with E-state index in [0.29, 0.717) is 0 Å². The number of hydrogen-bond donors (Lipinski definition) is 0. The average molecular weight is 184 g/mol. The first kappa shape index (κ1) is 12.4. The summed E-state index contributed by atoms with van der Waals surface area (Å²) in [5, 5.41) is 0. The van der Waals surface area contributed by atoms with Crippen molar-refractivity contribution >= 4 is 5.78 Å². The molecule has 0 rings (SSSR count). The molecule has 0 aromatic heterocycles. The molecule has 0 heterocycles. The van der Waals surface area contributed by atoms with Gasteiger partial charge in [-0.05, 0) is 38.8 Å². The van der Waals surface area contributed by atoms with E-state index < -0.39 is 0 Å². The molecule has 0 aliphatic carbocycles.